The number of hydrogen-bond donors (Lipinski definition) is 0. The predicted molar refractivity (Wildman–Crippen MR) is 117 cm³/mol. The third kappa shape index (κ3) is 3.90. The van der Waals surface area contributed by atoms with E-state index in [0.717, 1.165) is 16.5 Å². The zero-order valence-electron chi connectivity index (χ0n) is 17.5. The number of para-hydroxylation sites is 1. The van der Waals surface area contributed by atoms with E-state index in [-0.39, 0.29) is 24.5 Å². The summed E-state index contributed by atoms with van der Waals surface area (Å²) in [6.07, 6.45) is 1.85. The highest BCUT2D eigenvalue weighted by Crippen LogP contribution is 2.30. The summed E-state index contributed by atoms with van der Waals surface area (Å²) in [4.78, 5) is 4.53. The van der Waals surface area contributed by atoms with Crippen molar-refractivity contribution >= 4 is 20.9 Å². The van der Waals surface area contributed by atoms with Crippen LogP contribution in [0.4, 0.5) is 0 Å². The Labute approximate surface area is 185 Å². The van der Waals surface area contributed by atoms with E-state index < -0.39 is 16.1 Å². The minimum Gasteiger partial charge on any atom is -0.426 e. The molecule has 0 N–H and O–H groups in total. The van der Waals surface area contributed by atoms with Crippen LogP contribution in [0.15, 0.2) is 70.1 Å². The second-order valence-corrected chi connectivity index (χ2v) is 9.60. The molecule has 0 saturated heterocycles. The Bertz CT molecular complexity index is 1360. The number of hydrogen-bond acceptors (Lipinski definition) is 7. The van der Waals surface area contributed by atoms with E-state index in [2.05, 4.69) is 15.2 Å². The lowest BCUT2D eigenvalue weighted by Crippen LogP contribution is -2.45. The Morgan fingerprint density at radius 1 is 1.03 bits per heavy atom. The van der Waals surface area contributed by atoms with Crippen molar-refractivity contribution in [2.75, 3.05) is 6.61 Å². The molecule has 9 heteroatoms. The van der Waals surface area contributed by atoms with Gasteiger partial charge in [0.25, 0.3) is 0 Å². The maximum absolute atomic E-state index is 14.0. The Morgan fingerprint density at radius 2 is 1.84 bits per heavy atom. The summed E-state index contributed by atoms with van der Waals surface area (Å²) in [5.41, 5.74) is 2.31. The Hall–Kier alpha value is -3.14. The zero-order chi connectivity index (χ0) is 22.1. The molecule has 0 radical (unpaired) electrons. The zero-order valence-corrected chi connectivity index (χ0v) is 18.3. The van der Waals surface area contributed by atoms with Crippen LogP contribution in [0.5, 0.6) is 0 Å². The molecular formula is C23H22N4O4S. The van der Waals surface area contributed by atoms with Crippen molar-refractivity contribution in [2.24, 2.45) is 0 Å². The molecule has 3 heterocycles. The lowest BCUT2D eigenvalue weighted by molar-refractivity contribution is 0.0651. The molecule has 4 aromatic rings. The van der Waals surface area contributed by atoms with Crippen LogP contribution in [0, 0.1) is 6.92 Å². The number of pyridine rings is 1. The van der Waals surface area contributed by atoms with Gasteiger partial charge in [0.1, 0.15) is 4.90 Å². The quantitative estimate of drug-likeness (QED) is 0.471. The average molecular weight is 451 g/mol. The minimum absolute atomic E-state index is 0.167. The highest BCUT2D eigenvalue weighted by Gasteiger charge is 2.36. The summed E-state index contributed by atoms with van der Waals surface area (Å²) in [6.45, 7) is 2.53. The second kappa shape index (κ2) is 8.42. The Kier molecular flexibility index (Phi) is 5.46. The number of ether oxygens (including phenoxy) is 1. The molecule has 0 fully saturated rings. The van der Waals surface area contributed by atoms with Crippen LogP contribution in [0.3, 0.4) is 0 Å². The summed E-state index contributed by atoms with van der Waals surface area (Å²) in [5, 5.41) is 8.72. The molecule has 1 aliphatic heterocycles. The van der Waals surface area contributed by atoms with Gasteiger partial charge in [-0.1, -0.05) is 42.5 Å². The van der Waals surface area contributed by atoms with Gasteiger partial charge in [0.15, 0.2) is 0 Å². The van der Waals surface area contributed by atoms with E-state index in [1.165, 1.54) is 4.31 Å². The van der Waals surface area contributed by atoms with Crippen LogP contribution in [-0.4, -0.2) is 40.6 Å². The van der Waals surface area contributed by atoms with Gasteiger partial charge in [0.2, 0.25) is 21.8 Å². The Balaban J connectivity index is 1.62. The van der Waals surface area contributed by atoms with Crippen molar-refractivity contribution in [1.29, 1.82) is 0 Å². The molecule has 0 spiro atoms. The van der Waals surface area contributed by atoms with E-state index in [1.54, 1.807) is 31.3 Å². The maximum Gasteiger partial charge on any atom is 0.245 e. The monoisotopic (exact) mass is 450 g/mol. The number of nitrogens with zero attached hydrogens (tertiary/aromatic N) is 4. The molecule has 0 aliphatic carbocycles. The summed E-state index contributed by atoms with van der Waals surface area (Å²) in [7, 11) is -3.93. The summed E-state index contributed by atoms with van der Waals surface area (Å²) in [5.74, 6) is 0.811. The first-order valence-electron chi connectivity index (χ1n) is 10.3. The van der Waals surface area contributed by atoms with E-state index in [1.807, 2.05) is 36.4 Å². The van der Waals surface area contributed by atoms with Gasteiger partial charge in [-0.3, -0.25) is 4.98 Å². The number of rotatable bonds is 4. The van der Waals surface area contributed by atoms with Gasteiger partial charge < -0.3 is 9.15 Å². The van der Waals surface area contributed by atoms with E-state index in [9.17, 15) is 8.42 Å². The minimum atomic E-state index is -3.93. The third-order valence-electron chi connectivity index (χ3n) is 5.58. The highest BCUT2D eigenvalue weighted by atomic mass is 32.2. The first kappa shape index (κ1) is 20.7. The van der Waals surface area contributed by atoms with Crippen molar-refractivity contribution in [3.8, 4) is 0 Å². The summed E-state index contributed by atoms with van der Waals surface area (Å²) in [6, 6.07) is 16.0. The highest BCUT2D eigenvalue weighted by molar-refractivity contribution is 7.89. The molecule has 0 bridgehead atoms. The molecule has 164 valence electrons. The number of aryl methyl sites for hydroxylation is 1. The maximum atomic E-state index is 14.0. The van der Waals surface area contributed by atoms with Crippen molar-refractivity contribution < 1.29 is 17.6 Å². The lowest BCUT2D eigenvalue weighted by atomic mass is 10.1. The average Bonchev–Trinajstić information content (AvgIpc) is 3.20. The van der Waals surface area contributed by atoms with Gasteiger partial charge in [0, 0.05) is 31.5 Å². The smallest absolute Gasteiger partial charge is 0.245 e. The van der Waals surface area contributed by atoms with Crippen LogP contribution in [0.1, 0.15) is 22.9 Å². The SMILES string of the molecule is Cc1nnc(C[C@@H]2COCc3ccccc3CN2S(=O)(=O)c2cccc3cccnc23)o1. The van der Waals surface area contributed by atoms with Crippen LogP contribution in [-0.2, 0) is 34.3 Å². The number of aromatic nitrogens is 3. The van der Waals surface area contributed by atoms with Gasteiger partial charge in [-0.25, -0.2) is 8.42 Å². The molecule has 2 aromatic heterocycles. The topological polar surface area (TPSA) is 98.4 Å². The fourth-order valence-corrected chi connectivity index (χ4v) is 5.77. The largest absolute Gasteiger partial charge is 0.426 e. The van der Waals surface area contributed by atoms with Crippen LogP contribution < -0.4 is 0 Å². The molecule has 5 rings (SSSR count). The van der Waals surface area contributed by atoms with Crippen LogP contribution in [0.2, 0.25) is 0 Å². The van der Waals surface area contributed by atoms with Gasteiger partial charge in [-0.2, -0.15) is 4.31 Å². The molecular weight excluding hydrogens is 428 g/mol. The molecule has 2 aromatic carbocycles. The standard InChI is InChI=1S/C23H22N4O4S/c1-16-25-26-22(31-16)12-20-15-30-14-19-7-3-2-6-18(19)13-27(20)32(28,29)21-10-4-8-17-9-5-11-24-23(17)21/h2-11,20H,12-15H2,1H3/t20-/m1/s1. The Morgan fingerprint density at radius 3 is 2.66 bits per heavy atom. The van der Waals surface area contributed by atoms with Crippen molar-refractivity contribution in [3.05, 3.63) is 83.7 Å². The second-order valence-electron chi connectivity index (χ2n) is 7.74. The van der Waals surface area contributed by atoms with Gasteiger partial charge >= 0.3 is 0 Å². The number of fused-ring (bicyclic) bond motifs is 2. The number of sulfonamides is 1. The van der Waals surface area contributed by atoms with Crippen molar-refractivity contribution in [3.63, 3.8) is 0 Å². The van der Waals surface area contributed by atoms with E-state index in [4.69, 9.17) is 9.15 Å². The lowest BCUT2D eigenvalue weighted by Gasteiger charge is -2.33. The normalized spacial score (nSPS) is 17.6. The fraction of sp³-hybridized carbons (Fsp3) is 0.261. The summed E-state index contributed by atoms with van der Waals surface area (Å²) >= 11 is 0. The van der Waals surface area contributed by atoms with Gasteiger partial charge in [-0.15, -0.1) is 10.2 Å². The number of benzene rings is 2. The molecule has 32 heavy (non-hydrogen) atoms. The fourth-order valence-electron chi connectivity index (χ4n) is 4.01. The molecule has 1 atom stereocenters. The molecule has 8 nitrogen and oxygen atoms in total. The van der Waals surface area contributed by atoms with Crippen molar-refractivity contribution in [1.82, 2.24) is 19.5 Å². The predicted octanol–water partition coefficient (Wildman–Crippen LogP) is 3.26. The first-order chi connectivity index (χ1) is 15.5. The molecule has 0 saturated carbocycles. The van der Waals surface area contributed by atoms with Gasteiger partial charge in [0.05, 0.1) is 24.8 Å². The third-order valence-corrected chi connectivity index (χ3v) is 7.51. The van der Waals surface area contributed by atoms with Crippen LogP contribution in [0.25, 0.3) is 10.9 Å². The summed E-state index contributed by atoms with van der Waals surface area (Å²) < 4.78 is 41.1. The molecule has 0 unspecified atom stereocenters. The first-order valence-corrected chi connectivity index (χ1v) is 11.8. The van der Waals surface area contributed by atoms with Crippen LogP contribution >= 0.6 is 0 Å². The van der Waals surface area contributed by atoms with Crippen molar-refractivity contribution in [2.45, 2.75) is 37.4 Å². The van der Waals surface area contributed by atoms with E-state index >= 15 is 0 Å². The van der Waals surface area contributed by atoms with Gasteiger partial charge in [-0.05, 0) is 23.3 Å². The molecule has 0 amide bonds. The van der Waals surface area contributed by atoms with E-state index in [0.29, 0.717) is 23.9 Å². The molecule has 1 aliphatic rings.